The van der Waals surface area contributed by atoms with Gasteiger partial charge in [-0.2, -0.15) is 0 Å². The molecule has 0 aliphatic carbocycles. The number of thiazole rings is 1. The summed E-state index contributed by atoms with van der Waals surface area (Å²) < 4.78 is 7.81. The molecule has 25 heavy (non-hydrogen) atoms. The minimum Gasteiger partial charge on any atom is -1.00 e. The van der Waals surface area contributed by atoms with Crippen molar-refractivity contribution in [2.24, 2.45) is 0 Å². The van der Waals surface area contributed by atoms with Crippen molar-refractivity contribution in [2.45, 2.75) is 6.54 Å². The Morgan fingerprint density at radius 2 is 1.60 bits per heavy atom. The molecule has 0 radical (unpaired) electrons. The van der Waals surface area contributed by atoms with Gasteiger partial charge in [-0.05, 0) is 24.3 Å². The fourth-order valence-electron chi connectivity index (χ4n) is 2.64. The van der Waals surface area contributed by atoms with Crippen molar-refractivity contribution in [2.75, 3.05) is 5.32 Å². The summed E-state index contributed by atoms with van der Waals surface area (Å²) in [5, 5.41) is 6.78. The molecule has 0 saturated carbocycles. The predicted octanol–water partition coefficient (Wildman–Crippen LogP) is 2.09. The molecule has 0 saturated heterocycles. The smallest absolute Gasteiger partial charge is 0.339 e. The van der Waals surface area contributed by atoms with Crippen molar-refractivity contribution in [3.05, 3.63) is 90.2 Å². The van der Waals surface area contributed by atoms with Crippen LogP contribution in [0.1, 0.15) is 5.76 Å². The first-order valence-electron chi connectivity index (χ1n) is 7.81. The van der Waals surface area contributed by atoms with Crippen molar-refractivity contribution >= 4 is 22.2 Å². The molecular weight excluding hydrogens is 396 g/mol. The van der Waals surface area contributed by atoms with Gasteiger partial charge in [0.05, 0.1) is 6.26 Å². The lowest BCUT2D eigenvalue weighted by Gasteiger charge is -2.05. The number of nitrogens with one attached hydrogen (secondary N) is 1. The highest BCUT2D eigenvalue weighted by Crippen LogP contribution is 2.26. The topological polar surface area (TPSA) is 29.1 Å². The van der Waals surface area contributed by atoms with Gasteiger partial charge in [-0.25, -0.2) is 9.88 Å². The molecule has 2 heterocycles. The molecule has 0 aliphatic heterocycles. The van der Waals surface area contributed by atoms with Gasteiger partial charge in [0.2, 0.25) is 0 Å². The third kappa shape index (κ3) is 4.00. The van der Waals surface area contributed by atoms with Gasteiger partial charge in [-0.3, -0.25) is 0 Å². The minimum absolute atomic E-state index is 0. The maximum absolute atomic E-state index is 5.56. The number of aromatic nitrogens is 1. The monoisotopic (exact) mass is 412 g/mol. The maximum atomic E-state index is 5.56. The summed E-state index contributed by atoms with van der Waals surface area (Å²) in [6.45, 7) is 0.690. The highest BCUT2D eigenvalue weighted by Gasteiger charge is 2.20. The summed E-state index contributed by atoms with van der Waals surface area (Å²) in [7, 11) is 0. The van der Waals surface area contributed by atoms with Crippen LogP contribution >= 0.6 is 11.3 Å². The molecule has 4 rings (SSSR count). The SMILES string of the molecule is [Br-].c1ccc(Nc2scc(-c3ccccc3)[n+]2Cc2ccco2)cc1. The molecule has 0 spiro atoms. The Balaban J connectivity index is 0.00000182. The summed E-state index contributed by atoms with van der Waals surface area (Å²) in [6, 6.07) is 24.6. The Morgan fingerprint density at radius 3 is 2.28 bits per heavy atom. The van der Waals surface area contributed by atoms with E-state index >= 15 is 0 Å². The van der Waals surface area contributed by atoms with Crippen molar-refractivity contribution in [1.82, 2.24) is 0 Å². The molecule has 0 aliphatic rings. The highest BCUT2D eigenvalue weighted by molar-refractivity contribution is 7.13. The fraction of sp³-hybridized carbons (Fsp3) is 0.0500. The normalized spacial score (nSPS) is 10.2. The molecule has 0 bridgehead atoms. The zero-order valence-corrected chi connectivity index (χ0v) is 15.8. The van der Waals surface area contributed by atoms with Crippen LogP contribution in [0.25, 0.3) is 11.3 Å². The van der Waals surface area contributed by atoms with Crippen molar-refractivity contribution < 1.29 is 26.0 Å². The summed E-state index contributed by atoms with van der Waals surface area (Å²) in [6.07, 6.45) is 1.72. The lowest BCUT2D eigenvalue weighted by Crippen LogP contribution is -3.00. The third-order valence-corrected chi connectivity index (χ3v) is 4.69. The number of anilines is 2. The minimum atomic E-state index is 0. The largest absolute Gasteiger partial charge is 1.00 e. The van der Waals surface area contributed by atoms with E-state index in [2.05, 4.69) is 51.7 Å². The third-order valence-electron chi connectivity index (χ3n) is 3.81. The second kappa shape index (κ2) is 8.14. The van der Waals surface area contributed by atoms with Gasteiger partial charge in [-0.15, -0.1) is 0 Å². The number of hydrogen-bond donors (Lipinski definition) is 1. The molecule has 4 aromatic rings. The van der Waals surface area contributed by atoms with E-state index in [1.165, 1.54) is 11.3 Å². The lowest BCUT2D eigenvalue weighted by atomic mass is 10.2. The second-order valence-corrected chi connectivity index (χ2v) is 6.31. The Kier molecular flexibility index (Phi) is 5.68. The average Bonchev–Trinajstić information content (AvgIpc) is 3.28. The zero-order valence-electron chi connectivity index (χ0n) is 13.4. The molecular formula is C20H17BrN2OS. The molecule has 0 atom stereocenters. The molecule has 0 unspecified atom stereocenters. The molecule has 0 amide bonds. The molecule has 126 valence electrons. The number of para-hydroxylation sites is 1. The van der Waals surface area contributed by atoms with E-state index in [1.807, 2.05) is 36.4 Å². The number of hydrogen-bond acceptors (Lipinski definition) is 3. The zero-order chi connectivity index (χ0) is 16.2. The van der Waals surface area contributed by atoms with Crippen LogP contribution in [0.2, 0.25) is 0 Å². The Morgan fingerprint density at radius 1 is 0.880 bits per heavy atom. The van der Waals surface area contributed by atoms with Crippen LogP contribution in [-0.4, -0.2) is 0 Å². The standard InChI is InChI=1S/C20H16N2OS.BrH/c1-3-8-16(9-4-1)19-15-24-20(21-17-10-5-2-6-11-17)22(19)14-18-12-7-13-23-18;/h1-13,15H,14H2;1H. The van der Waals surface area contributed by atoms with E-state index in [1.54, 1.807) is 17.6 Å². The number of furan rings is 1. The van der Waals surface area contributed by atoms with Crippen LogP contribution in [0.4, 0.5) is 10.8 Å². The molecule has 2 aromatic heterocycles. The van der Waals surface area contributed by atoms with Gasteiger partial charge in [-0.1, -0.05) is 59.9 Å². The lowest BCUT2D eigenvalue weighted by molar-refractivity contribution is -0.660. The number of rotatable bonds is 5. The molecule has 1 N–H and O–H groups in total. The summed E-state index contributed by atoms with van der Waals surface area (Å²) in [5.41, 5.74) is 3.45. The predicted molar refractivity (Wildman–Crippen MR) is 97.5 cm³/mol. The molecule has 2 aromatic carbocycles. The van der Waals surface area contributed by atoms with Crippen LogP contribution in [0.3, 0.4) is 0 Å². The average molecular weight is 413 g/mol. The summed E-state index contributed by atoms with van der Waals surface area (Å²) in [5.74, 6) is 0.937. The Bertz CT molecular complexity index is 906. The van der Waals surface area contributed by atoms with Gasteiger partial charge in [0.1, 0.15) is 23.7 Å². The Hall–Kier alpha value is -2.37. The van der Waals surface area contributed by atoms with Crippen LogP contribution in [-0.2, 0) is 6.54 Å². The summed E-state index contributed by atoms with van der Waals surface area (Å²) in [4.78, 5) is 0. The fourth-order valence-corrected chi connectivity index (χ4v) is 3.59. The van der Waals surface area contributed by atoms with E-state index in [0.29, 0.717) is 6.54 Å². The van der Waals surface area contributed by atoms with Crippen molar-refractivity contribution in [3.8, 4) is 11.3 Å². The van der Waals surface area contributed by atoms with E-state index in [4.69, 9.17) is 4.42 Å². The van der Waals surface area contributed by atoms with Crippen molar-refractivity contribution in [1.29, 1.82) is 0 Å². The van der Waals surface area contributed by atoms with E-state index in [0.717, 1.165) is 16.6 Å². The number of nitrogens with zero attached hydrogens (tertiary/aromatic N) is 1. The van der Waals surface area contributed by atoms with Gasteiger partial charge in [0.15, 0.2) is 0 Å². The van der Waals surface area contributed by atoms with Crippen LogP contribution in [0.5, 0.6) is 0 Å². The second-order valence-electron chi connectivity index (χ2n) is 5.45. The summed E-state index contributed by atoms with van der Waals surface area (Å²) >= 11 is 1.70. The number of halogens is 1. The van der Waals surface area contributed by atoms with Gasteiger partial charge in [0, 0.05) is 10.9 Å². The first-order valence-corrected chi connectivity index (χ1v) is 8.69. The molecule has 3 nitrogen and oxygen atoms in total. The van der Waals surface area contributed by atoms with Gasteiger partial charge >= 0.3 is 5.13 Å². The highest BCUT2D eigenvalue weighted by atomic mass is 79.9. The van der Waals surface area contributed by atoms with Crippen LogP contribution in [0, 0.1) is 0 Å². The van der Waals surface area contributed by atoms with Crippen LogP contribution < -0.4 is 26.9 Å². The Labute approximate surface area is 161 Å². The number of benzene rings is 2. The first kappa shape index (κ1) is 17.5. The first-order chi connectivity index (χ1) is 11.9. The van der Waals surface area contributed by atoms with Crippen LogP contribution in [0.15, 0.2) is 88.9 Å². The quantitative estimate of drug-likeness (QED) is 0.508. The van der Waals surface area contributed by atoms with E-state index < -0.39 is 0 Å². The van der Waals surface area contributed by atoms with Crippen molar-refractivity contribution in [3.63, 3.8) is 0 Å². The molecule has 5 heteroatoms. The van der Waals surface area contributed by atoms with Gasteiger partial charge < -0.3 is 21.4 Å². The van der Waals surface area contributed by atoms with E-state index in [9.17, 15) is 0 Å². The van der Waals surface area contributed by atoms with E-state index in [-0.39, 0.29) is 17.0 Å². The maximum Gasteiger partial charge on any atom is 0.339 e. The molecule has 0 fully saturated rings. The van der Waals surface area contributed by atoms with Gasteiger partial charge in [0.25, 0.3) is 0 Å².